The van der Waals surface area contributed by atoms with Crippen LogP contribution in [0, 0.1) is 5.92 Å². The molecule has 1 saturated carbocycles. The van der Waals surface area contributed by atoms with Crippen molar-refractivity contribution in [1.29, 1.82) is 0 Å². The fraction of sp³-hybridized carbons (Fsp3) is 0.455. The van der Waals surface area contributed by atoms with Gasteiger partial charge >= 0.3 is 0 Å². The van der Waals surface area contributed by atoms with Crippen molar-refractivity contribution in [3.63, 3.8) is 0 Å². The van der Waals surface area contributed by atoms with Crippen molar-refractivity contribution in [2.45, 2.75) is 12.3 Å². The Morgan fingerprint density at radius 3 is 3.08 bits per heavy atom. The van der Waals surface area contributed by atoms with Crippen molar-refractivity contribution in [2.75, 3.05) is 13.6 Å². The maximum atomic E-state index is 5.93. The second-order valence-corrected chi connectivity index (χ2v) is 4.15. The van der Waals surface area contributed by atoms with Crippen LogP contribution in [0.2, 0.25) is 5.02 Å². The van der Waals surface area contributed by atoms with E-state index in [-0.39, 0.29) is 0 Å². The Labute approximate surface area is 84.1 Å². The Morgan fingerprint density at radius 1 is 1.54 bits per heavy atom. The molecule has 2 rings (SSSR count). The van der Waals surface area contributed by atoms with Gasteiger partial charge in [0.15, 0.2) is 0 Å². The lowest BCUT2D eigenvalue weighted by Gasteiger charge is -2.00. The maximum absolute atomic E-state index is 5.93. The molecule has 2 heteroatoms. The molecule has 1 aromatic rings. The molecule has 0 spiro atoms. The maximum Gasteiger partial charge on any atom is 0.0408 e. The van der Waals surface area contributed by atoms with Crippen LogP contribution in [0.4, 0.5) is 0 Å². The van der Waals surface area contributed by atoms with E-state index in [1.54, 1.807) is 0 Å². The molecule has 0 saturated heterocycles. The zero-order valence-corrected chi connectivity index (χ0v) is 8.51. The monoisotopic (exact) mass is 195 g/mol. The Kier molecular flexibility index (Phi) is 2.56. The van der Waals surface area contributed by atoms with E-state index in [1.807, 2.05) is 19.2 Å². The van der Waals surface area contributed by atoms with Crippen LogP contribution in [0.15, 0.2) is 24.3 Å². The lowest BCUT2D eigenvalue weighted by atomic mass is 10.1. The molecule has 0 amide bonds. The molecule has 1 N–H and O–H groups in total. The highest BCUT2D eigenvalue weighted by molar-refractivity contribution is 6.30. The van der Waals surface area contributed by atoms with Crippen LogP contribution in [-0.4, -0.2) is 13.6 Å². The Morgan fingerprint density at radius 2 is 2.38 bits per heavy atom. The van der Waals surface area contributed by atoms with E-state index in [4.69, 9.17) is 11.6 Å². The Balaban J connectivity index is 2.03. The van der Waals surface area contributed by atoms with E-state index in [9.17, 15) is 0 Å². The molecule has 0 aliphatic heterocycles. The predicted molar refractivity (Wildman–Crippen MR) is 56.2 cm³/mol. The first-order valence-corrected chi connectivity index (χ1v) is 5.09. The van der Waals surface area contributed by atoms with Gasteiger partial charge < -0.3 is 5.32 Å². The number of hydrogen-bond donors (Lipinski definition) is 1. The lowest BCUT2D eigenvalue weighted by Crippen LogP contribution is -2.10. The van der Waals surface area contributed by atoms with E-state index >= 15 is 0 Å². The summed E-state index contributed by atoms with van der Waals surface area (Å²) in [5, 5.41) is 4.07. The number of benzene rings is 1. The molecule has 70 valence electrons. The molecule has 0 radical (unpaired) electrons. The largest absolute Gasteiger partial charge is 0.319 e. The third-order valence-corrected chi connectivity index (χ3v) is 2.90. The SMILES string of the molecule is CNC[C@@H]1C[C@@H]1c1cccc(Cl)c1. The quantitative estimate of drug-likeness (QED) is 0.782. The van der Waals surface area contributed by atoms with Crippen LogP contribution < -0.4 is 5.32 Å². The number of nitrogens with one attached hydrogen (secondary N) is 1. The molecule has 2 atom stereocenters. The van der Waals surface area contributed by atoms with Crippen LogP contribution in [-0.2, 0) is 0 Å². The summed E-state index contributed by atoms with van der Waals surface area (Å²) in [7, 11) is 2.01. The fourth-order valence-electron chi connectivity index (χ4n) is 1.88. The van der Waals surface area contributed by atoms with Crippen molar-refractivity contribution >= 4 is 11.6 Å². The van der Waals surface area contributed by atoms with Gasteiger partial charge in [-0.25, -0.2) is 0 Å². The van der Waals surface area contributed by atoms with Gasteiger partial charge in [0.05, 0.1) is 0 Å². The van der Waals surface area contributed by atoms with Gasteiger partial charge in [0.2, 0.25) is 0 Å². The zero-order chi connectivity index (χ0) is 9.26. The lowest BCUT2D eigenvalue weighted by molar-refractivity contribution is 0.698. The first-order chi connectivity index (χ1) is 6.31. The second kappa shape index (κ2) is 3.69. The van der Waals surface area contributed by atoms with E-state index in [2.05, 4.69) is 17.4 Å². The Bertz CT molecular complexity index is 298. The highest BCUT2D eigenvalue weighted by atomic mass is 35.5. The first-order valence-electron chi connectivity index (χ1n) is 4.71. The van der Waals surface area contributed by atoms with Crippen LogP contribution in [0.5, 0.6) is 0 Å². The average Bonchev–Trinajstić information content (AvgIpc) is 2.85. The van der Waals surface area contributed by atoms with Crippen molar-refractivity contribution in [3.8, 4) is 0 Å². The molecule has 0 aromatic heterocycles. The van der Waals surface area contributed by atoms with Crippen LogP contribution in [0.25, 0.3) is 0 Å². The molecule has 1 fully saturated rings. The normalized spacial score (nSPS) is 26.0. The third kappa shape index (κ3) is 2.04. The minimum atomic E-state index is 0.742. The Hall–Kier alpha value is -0.530. The van der Waals surface area contributed by atoms with Gasteiger partial charge in [-0.05, 0) is 49.5 Å². The molecule has 13 heavy (non-hydrogen) atoms. The minimum Gasteiger partial charge on any atom is -0.319 e. The molecule has 1 aliphatic carbocycles. The molecular formula is C11H14ClN. The molecule has 1 nitrogen and oxygen atoms in total. The molecule has 0 unspecified atom stereocenters. The van der Waals surface area contributed by atoms with E-state index in [0.29, 0.717) is 0 Å². The summed E-state index contributed by atoms with van der Waals surface area (Å²) in [5.74, 6) is 1.56. The van der Waals surface area contributed by atoms with Gasteiger partial charge in [0.1, 0.15) is 0 Å². The summed E-state index contributed by atoms with van der Waals surface area (Å²) in [6, 6.07) is 8.22. The van der Waals surface area contributed by atoms with Crippen molar-refractivity contribution in [1.82, 2.24) is 5.32 Å². The molecular weight excluding hydrogens is 182 g/mol. The summed E-state index contributed by atoms with van der Waals surface area (Å²) in [6.07, 6.45) is 1.31. The van der Waals surface area contributed by atoms with E-state index in [0.717, 1.165) is 23.4 Å². The first kappa shape index (κ1) is 9.04. The van der Waals surface area contributed by atoms with Gasteiger partial charge in [-0.1, -0.05) is 23.7 Å². The zero-order valence-electron chi connectivity index (χ0n) is 7.76. The second-order valence-electron chi connectivity index (χ2n) is 3.71. The topological polar surface area (TPSA) is 12.0 Å². The summed E-state index contributed by atoms with van der Waals surface area (Å²) in [5.41, 5.74) is 1.40. The van der Waals surface area contributed by atoms with Gasteiger partial charge in [-0.2, -0.15) is 0 Å². The minimum absolute atomic E-state index is 0.742. The summed E-state index contributed by atoms with van der Waals surface area (Å²) < 4.78 is 0. The molecule has 1 aromatic carbocycles. The molecule has 0 heterocycles. The number of rotatable bonds is 3. The predicted octanol–water partition coefficient (Wildman–Crippen LogP) is 2.66. The van der Waals surface area contributed by atoms with Gasteiger partial charge in [0, 0.05) is 5.02 Å². The third-order valence-electron chi connectivity index (χ3n) is 2.67. The summed E-state index contributed by atoms with van der Waals surface area (Å²) >= 11 is 5.93. The number of hydrogen-bond acceptors (Lipinski definition) is 1. The van der Waals surface area contributed by atoms with Crippen LogP contribution in [0.3, 0.4) is 0 Å². The van der Waals surface area contributed by atoms with Crippen LogP contribution >= 0.6 is 11.6 Å². The summed E-state index contributed by atoms with van der Waals surface area (Å²) in [4.78, 5) is 0. The van der Waals surface area contributed by atoms with Gasteiger partial charge in [-0.3, -0.25) is 0 Å². The van der Waals surface area contributed by atoms with Crippen molar-refractivity contribution < 1.29 is 0 Å². The van der Waals surface area contributed by atoms with E-state index < -0.39 is 0 Å². The number of halogens is 1. The molecule has 1 aliphatic rings. The average molecular weight is 196 g/mol. The van der Waals surface area contributed by atoms with Crippen molar-refractivity contribution in [3.05, 3.63) is 34.9 Å². The van der Waals surface area contributed by atoms with Crippen LogP contribution in [0.1, 0.15) is 17.9 Å². The van der Waals surface area contributed by atoms with E-state index in [1.165, 1.54) is 12.0 Å². The highest BCUT2D eigenvalue weighted by Crippen LogP contribution is 2.47. The van der Waals surface area contributed by atoms with Crippen molar-refractivity contribution in [2.24, 2.45) is 5.92 Å². The fourth-order valence-corrected chi connectivity index (χ4v) is 2.08. The molecule has 0 bridgehead atoms. The van der Waals surface area contributed by atoms with Gasteiger partial charge in [-0.15, -0.1) is 0 Å². The van der Waals surface area contributed by atoms with Gasteiger partial charge in [0.25, 0.3) is 0 Å². The smallest absolute Gasteiger partial charge is 0.0408 e. The standard InChI is InChI=1S/C11H14ClN/c1-13-7-9-6-11(9)8-3-2-4-10(12)5-8/h2-5,9,11,13H,6-7H2,1H3/t9-,11+/m0/s1. The summed E-state index contributed by atoms with van der Waals surface area (Å²) in [6.45, 7) is 1.12. The highest BCUT2D eigenvalue weighted by Gasteiger charge is 2.37.